The summed E-state index contributed by atoms with van der Waals surface area (Å²) >= 11 is 0. The molecule has 2 N–H and O–H groups in total. The Labute approximate surface area is 195 Å². The van der Waals surface area contributed by atoms with Crippen LogP contribution in [-0.4, -0.2) is 31.8 Å². The summed E-state index contributed by atoms with van der Waals surface area (Å²) in [6.45, 7) is 3.73. The van der Waals surface area contributed by atoms with E-state index in [4.69, 9.17) is 0 Å². The van der Waals surface area contributed by atoms with Gasteiger partial charge in [-0.2, -0.15) is 20.3 Å². The maximum atomic E-state index is 9.87. The van der Waals surface area contributed by atoms with E-state index in [1.165, 1.54) is 10.9 Å². The molecule has 0 radical (unpaired) electrons. The molecule has 0 atom stereocenters. The number of hydrogen-bond donors (Lipinski definition) is 2. The molecule has 0 aliphatic carbocycles. The Morgan fingerprint density at radius 2 is 1.74 bits per heavy atom. The fourth-order valence-corrected chi connectivity index (χ4v) is 3.22. The molecule has 0 aliphatic heterocycles. The van der Waals surface area contributed by atoms with E-state index in [1.54, 1.807) is 32.4 Å². The van der Waals surface area contributed by atoms with E-state index in [-0.39, 0.29) is 17.3 Å². The van der Waals surface area contributed by atoms with Crippen molar-refractivity contribution in [2.24, 2.45) is 10.2 Å². The maximum absolute atomic E-state index is 9.87. The van der Waals surface area contributed by atoms with Crippen molar-refractivity contribution in [3.63, 3.8) is 0 Å². The average molecular weight is 449 g/mol. The van der Waals surface area contributed by atoms with Crippen LogP contribution in [0, 0.1) is 36.5 Å². The molecule has 0 aliphatic rings. The molecule has 4 rings (SSSR count). The first kappa shape index (κ1) is 22.0. The van der Waals surface area contributed by atoms with Crippen molar-refractivity contribution in [2.45, 2.75) is 13.8 Å². The summed E-state index contributed by atoms with van der Waals surface area (Å²) in [6, 6.07) is 13.6. The lowest BCUT2D eigenvalue weighted by Crippen LogP contribution is -2.04. The Hall–Kier alpha value is -5.16. The van der Waals surface area contributed by atoms with Gasteiger partial charge in [0.1, 0.15) is 23.4 Å². The zero-order valence-electron chi connectivity index (χ0n) is 18.6. The summed E-state index contributed by atoms with van der Waals surface area (Å²) in [5, 5.41) is 38.4. The lowest BCUT2D eigenvalue weighted by molar-refractivity contribution is 0.803. The predicted octanol–water partition coefficient (Wildman–Crippen LogP) is 4.62. The van der Waals surface area contributed by atoms with Gasteiger partial charge in [0.05, 0.1) is 11.8 Å². The summed E-state index contributed by atoms with van der Waals surface area (Å²) in [5.41, 5.74) is 3.32. The summed E-state index contributed by atoms with van der Waals surface area (Å²) < 4.78 is 1.32. The van der Waals surface area contributed by atoms with Crippen LogP contribution in [0.3, 0.4) is 0 Å². The van der Waals surface area contributed by atoms with E-state index in [1.807, 2.05) is 37.3 Å². The van der Waals surface area contributed by atoms with Crippen LogP contribution in [-0.2, 0) is 0 Å². The van der Waals surface area contributed by atoms with Gasteiger partial charge in [-0.25, -0.2) is 15.0 Å². The van der Waals surface area contributed by atoms with Crippen molar-refractivity contribution >= 4 is 28.8 Å². The number of benzene rings is 1. The first-order valence-electron chi connectivity index (χ1n) is 10.2. The molecule has 166 valence electrons. The monoisotopic (exact) mass is 449 g/mol. The first-order chi connectivity index (χ1) is 16.6. The largest absolute Gasteiger partial charge is 0.371 e. The number of pyridine rings is 1. The van der Waals surface area contributed by atoms with Crippen LogP contribution >= 0.6 is 0 Å². The number of hydrogen-bond acceptors (Lipinski definition) is 10. The van der Waals surface area contributed by atoms with Gasteiger partial charge < -0.3 is 10.6 Å². The minimum absolute atomic E-state index is 0.163. The molecule has 0 amide bonds. The van der Waals surface area contributed by atoms with Crippen molar-refractivity contribution in [3.05, 3.63) is 71.2 Å². The van der Waals surface area contributed by atoms with Crippen molar-refractivity contribution in [1.82, 2.24) is 24.7 Å². The molecule has 4 aromatic rings. The van der Waals surface area contributed by atoms with Crippen LogP contribution in [0.25, 0.3) is 5.95 Å². The average Bonchev–Trinajstić information content (AvgIpc) is 3.28. The number of aromatic nitrogens is 5. The Kier molecular flexibility index (Phi) is 6.19. The van der Waals surface area contributed by atoms with E-state index in [0.29, 0.717) is 28.5 Å². The van der Waals surface area contributed by atoms with Crippen molar-refractivity contribution in [3.8, 4) is 18.1 Å². The Balaban J connectivity index is 1.80. The highest BCUT2D eigenvalue weighted by Gasteiger charge is 2.19. The number of anilines is 3. The number of nitriles is 2. The molecule has 0 fully saturated rings. The number of para-hydroxylation sites is 1. The molecular formula is C23H19N11. The lowest BCUT2D eigenvalue weighted by Gasteiger charge is -2.15. The summed E-state index contributed by atoms with van der Waals surface area (Å²) in [4.78, 5) is 12.9. The van der Waals surface area contributed by atoms with E-state index in [9.17, 15) is 10.5 Å². The van der Waals surface area contributed by atoms with Crippen molar-refractivity contribution in [1.29, 1.82) is 10.5 Å². The number of aryl methyl sites for hydroxylation is 1. The van der Waals surface area contributed by atoms with Crippen LogP contribution in [0.15, 0.2) is 59.2 Å². The van der Waals surface area contributed by atoms with Crippen LogP contribution in [0.2, 0.25) is 0 Å². The van der Waals surface area contributed by atoms with Crippen LogP contribution in [0.4, 0.5) is 28.8 Å². The molecule has 0 saturated carbocycles. The van der Waals surface area contributed by atoms with Gasteiger partial charge in [-0.3, -0.25) is 0 Å². The fourth-order valence-electron chi connectivity index (χ4n) is 3.22. The molecule has 1 aromatic carbocycles. The molecular weight excluding hydrogens is 430 g/mol. The number of nitrogens with zero attached hydrogens (tertiary/aromatic N) is 9. The molecule has 11 nitrogen and oxygen atoms in total. The van der Waals surface area contributed by atoms with Gasteiger partial charge in [-0.1, -0.05) is 18.2 Å². The quantitative estimate of drug-likeness (QED) is 0.404. The number of rotatable bonds is 6. The molecule has 0 bridgehead atoms. The summed E-state index contributed by atoms with van der Waals surface area (Å²) in [7, 11) is 1.70. The third-order valence-corrected chi connectivity index (χ3v) is 5.01. The van der Waals surface area contributed by atoms with E-state index < -0.39 is 0 Å². The molecule has 0 unspecified atom stereocenters. The summed E-state index contributed by atoms with van der Waals surface area (Å²) in [5.74, 6) is 1.22. The highest BCUT2D eigenvalue weighted by atomic mass is 15.4. The maximum Gasteiger partial charge on any atom is 0.252 e. The molecule has 34 heavy (non-hydrogen) atoms. The Morgan fingerprint density at radius 1 is 0.971 bits per heavy atom. The predicted molar refractivity (Wildman–Crippen MR) is 126 cm³/mol. The van der Waals surface area contributed by atoms with E-state index in [0.717, 1.165) is 11.3 Å². The zero-order valence-corrected chi connectivity index (χ0v) is 18.6. The van der Waals surface area contributed by atoms with Crippen molar-refractivity contribution < 1.29 is 0 Å². The topological polar surface area (TPSA) is 153 Å². The second-order valence-corrected chi connectivity index (χ2v) is 7.11. The molecule has 0 spiro atoms. The standard InChI is InChI=1S/C23H19N11/c1-14-7-4-5-8-18(14)30-20-17(12-25)15(2)19(21(26-3)31-20)32-33-22-16(11-24)13-29-34(22)23-27-9-6-10-28-23/h4-10,13H,1-3H3,(H2,26,30,31)/b33-32+. The lowest BCUT2D eigenvalue weighted by atomic mass is 10.1. The molecule has 11 heteroatoms. The molecule has 3 aromatic heterocycles. The highest BCUT2D eigenvalue weighted by Crippen LogP contribution is 2.36. The minimum atomic E-state index is 0.163. The van der Waals surface area contributed by atoms with Crippen LogP contribution in [0.1, 0.15) is 22.3 Å². The van der Waals surface area contributed by atoms with Gasteiger partial charge in [-0.05, 0) is 31.5 Å². The minimum Gasteiger partial charge on any atom is -0.371 e. The number of nitrogens with one attached hydrogen (secondary N) is 2. The van der Waals surface area contributed by atoms with Crippen LogP contribution in [0.5, 0.6) is 0 Å². The molecule has 0 saturated heterocycles. The third kappa shape index (κ3) is 4.13. The third-order valence-electron chi connectivity index (χ3n) is 5.01. The normalized spacial score (nSPS) is 10.6. The van der Waals surface area contributed by atoms with Gasteiger partial charge in [-0.15, -0.1) is 10.2 Å². The van der Waals surface area contributed by atoms with Gasteiger partial charge in [0.25, 0.3) is 5.95 Å². The number of azo groups is 1. The zero-order chi connectivity index (χ0) is 24.1. The van der Waals surface area contributed by atoms with E-state index >= 15 is 0 Å². The smallest absolute Gasteiger partial charge is 0.252 e. The second-order valence-electron chi connectivity index (χ2n) is 7.11. The van der Waals surface area contributed by atoms with Gasteiger partial charge in [0.2, 0.25) is 0 Å². The van der Waals surface area contributed by atoms with Gasteiger partial charge in [0.15, 0.2) is 17.5 Å². The van der Waals surface area contributed by atoms with Gasteiger partial charge in [0, 0.05) is 30.7 Å². The highest BCUT2D eigenvalue weighted by molar-refractivity contribution is 5.77. The van der Waals surface area contributed by atoms with E-state index in [2.05, 4.69) is 47.0 Å². The summed E-state index contributed by atoms with van der Waals surface area (Å²) in [6.07, 6.45) is 4.48. The Bertz CT molecular complexity index is 1460. The Morgan fingerprint density at radius 3 is 2.41 bits per heavy atom. The van der Waals surface area contributed by atoms with Crippen LogP contribution < -0.4 is 10.6 Å². The van der Waals surface area contributed by atoms with Crippen molar-refractivity contribution in [2.75, 3.05) is 17.7 Å². The SMILES string of the molecule is CNc1nc(Nc2ccccc2C)c(C#N)c(C)c1/N=N/c1c(C#N)cnn1-c1ncccn1. The van der Waals surface area contributed by atoms with Gasteiger partial charge >= 0.3 is 0 Å². The fraction of sp³-hybridized carbons (Fsp3) is 0.130. The molecule has 3 heterocycles. The second kappa shape index (κ2) is 9.54. The first-order valence-corrected chi connectivity index (χ1v) is 10.2.